The smallest absolute Gasteiger partial charge is 0.246 e. The van der Waals surface area contributed by atoms with Gasteiger partial charge in [-0.25, -0.2) is 8.42 Å². The van der Waals surface area contributed by atoms with Gasteiger partial charge in [-0.2, -0.15) is 4.31 Å². The molecule has 21 heavy (non-hydrogen) atoms. The van der Waals surface area contributed by atoms with Crippen LogP contribution >= 0.6 is 27.5 Å². The van der Waals surface area contributed by atoms with Gasteiger partial charge < -0.3 is 9.84 Å². The molecule has 0 amide bonds. The summed E-state index contributed by atoms with van der Waals surface area (Å²) in [5.74, 6) is 0.233. The fourth-order valence-electron chi connectivity index (χ4n) is 2.27. The Morgan fingerprint density at radius 2 is 1.95 bits per heavy atom. The van der Waals surface area contributed by atoms with E-state index in [1.807, 2.05) is 0 Å². The highest BCUT2D eigenvalue weighted by Crippen LogP contribution is 2.37. The Labute approximate surface area is 138 Å². The number of benzene rings is 1. The van der Waals surface area contributed by atoms with Crippen LogP contribution in [-0.2, 0) is 10.0 Å². The second kappa shape index (κ2) is 6.04. The van der Waals surface area contributed by atoms with Crippen LogP contribution < -0.4 is 4.74 Å². The maximum Gasteiger partial charge on any atom is 0.246 e. The van der Waals surface area contributed by atoms with E-state index in [0.717, 1.165) is 0 Å². The van der Waals surface area contributed by atoms with Crippen LogP contribution in [-0.4, -0.2) is 43.6 Å². The molecule has 2 rings (SSSR count). The van der Waals surface area contributed by atoms with E-state index < -0.39 is 15.6 Å². The molecular weight excluding hydrogens is 382 g/mol. The van der Waals surface area contributed by atoms with Crippen molar-refractivity contribution >= 4 is 37.6 Å². The molecule has 1 aromatic carbocycles. The van der Waals surface area contributed by atoms with Gasteiger partial charge in [-0.15, -0.1) is 0 Å². The molecule has 0 aromatic heterocycles. The Morgan fingerprint density at radius 1 is 1.38 bits per heavy atom. The van der Waals surface area contributed by atoms with E-state index in [1.165, 1.54) is 17.5 Å². The number of hydrogen-bond donors (Lipinski definition) is 1. The molecule has 0 atom stereocenters. The molecule has 5 nitrogen and oxygen atoms in total. The number of rotatable bonds is 3. The van der Waals surface area contributed by atoms with Crippen LogP contribution in [0.3, 0.4) is 0 Å². The first-order valence-electron chi connectivity index (χ1n) is 6.43. The molecule has 1 aliphatic rings. The molecule has 0 aliphatic carbocycles. The first kappa shape index (κ1) is 17.0. The zero-order chi connectivity index (χ0) is 15.8. The molecule has 0 radical (unpaired) electrons. The minimum Gasteiger partial charge on any atom is -0.494 e. The summed E-state index contributed by atoms with van der Waals surface area (Å²) in [5.41, 5.74) is -0.814. The molecular formula is C13H17BrClNO4S. The third-order valence-corrected chi connectivity index (χ3v) is 6.31. The number of nitrogens with zero attached hydrogens (tertiary/aromatic N) is 1. The van der Waals surface area contributed by atoms with Gasteiger partial charge in [0.25, 0.3) is 0 Å². The van der Waals surface area contributed by atoms with Gasteiger partial charge in [0.15, 0.2) is 5.75 Å². The van der Waals surface area contributed by atoms with E-state index in [-0.39, 0.29) is 23.7 Å². The maximum atomic E-state index is 12.8. The number of sulfonamides is 1. The molecule has 1 aliphatic heterocycles. The minimum absolute atomic E-state index is 0.0333. The first-order valence-corrected chi connectivity index (χ1v) is 9.04. The predicted octanol–water partition coefficient (Wildman–Crippen LogP) is 2.65. The fraction of sp³-hybridized carbons (Fsp3) is 0.538. The summed E-state index contributed by atoms with van der Waals surface area (Å²) in [5, 5.41) is 10.3. The van der Waals surface area contributed by atoms with Crippen LogP contribution in [0.2, 0.25) is 5.02 Å². The van der Waals surface area contributed by atoms with E-state index in [0.29, 0.717) is 22.3 Å². The molecule has 0 bridgehead atoms. The zero-order valence-corrected chi connectivity index (χ0v) is 14.9. The lowest BCUT2D eigenvalue weighted by atomic mass is 9.95. The fourth-order valence-corrected chi connectivity index (χ4v) is 5.09. The molecule has 1 heterocycles. The third kappa shape index (κ3) is 3.53. The number of piperidine rings is 1. The molecule has 1 fully saturated rings. The Hall–Kier alpha value is -0.340. The molecule has 0 unspecified atom stereocenters. The highest BCUT2D eigenvalue weighted by molar-refractivity contribution is 9.10. The van der Waals surface area contributed by atoms with Gasteiger partial charge in [-0.1, -0.05) is 11.6 Å². The SMILES string of the molecule is COc1c(Br)cc(Cl)cc1S(=O)(=O)N1CCC(C)(O)CC1. The summed E-state index contributed by atoms with van der Waals surface area (Å²) < 4.78 is 32.6. The van der Waals surface area contributed by atoms with E-state index >= 15 is 0 Å². The second-order valence-corrected chi connectivity index (χ2v) is 8.52. The van der Waals surface area contributed by atoms with Gasteiger partial charge in [-0.05, 0) is 47.8 Å². The Bertz CT molecular complexity index is 638. The Balaban J connectivity index is 2.41. The monoisotopic (exact) mass is 397 g/mol. The number of aliphatic hydroxyl groups is 1. The Kier molecular flexibility index (Phi) is 4.90. The maximum absolute atomic E-state index is 12.8. The van der Waals surface area contributed by atoms with Crippen molar-refractivity contribution in [1.29, 1.82) is 0 Å². The van der Waals surface area contributed by atoms with Crippen molar-refractivity contribution in [3.63, 3.8) is 0 Å². The van der Waals surface area contributed by atoms with E-state index in [1.54, 1.807) is 13.0 Å². The topological polar surface area (TPSA) is 66.8 Å². The molecule has 1 aromatic rings. The molecule has 118 valence electrons. The lowest BCUT2D eigenvalue weighted by Crippen LogP contribution is -2.45. The normalized spacial score (nSPS) is 19.5. The van der Waals surface area contributed by atoms with E-state index in [4.69, 9.17) is 16.3 Å². The van der Waals surface area contributed by atoms with Crippen molar-refractivity contribution in [3.05, 3.63) is 21.6 Å². The summed E-state index contributed by atoms with van der Waals surface area (Å²) >= 11 is 9.22. The van der Waals surface area contributed by atoms with Crippen molar-refractivity contribution in [2.75, 3.05) is 20.2 Å². The highest BCUT2D eigenvalue weighted by Gasteiger charge is 2.35. The molecule has 0 spiro atoms. The predicted molar refractivity (Wildman–Crippen MR) is 84.3 cm³/mol. The molecule has 8 heteroatoms. The van der Waals surface area contributed by atoms with Gasteiger partial charge in [0, 0.05) is 18.1 Å². The van der Waals surface area contributed by atoms with Gasteiger partial charge in [-0.3, -0.25) is 0 Å². The second-order valence-electron chi connectivity index (χ2n) is 5.32. The highest BCUT2D eigenvalue weighted by atomic mass is 79.9. The van der Waals surface area contributed by atoms with Gasteiger partial charge in [0.2, 0.25) is 10.0 Å². The molecule has 1 N–H and O–H groups in total. The van der Waals surface area contributed by atoms with Crippen LogP contribution in [0.4, 0.5) is 0 Å². The number of halogens is 2. The largest absolute Gasteiger partial charge is 0.494 e. The number of ether oxygens (including phenoxy) is 1. The van der Waals surface area contributed by atoms with Crippen LogP contribution in [0.5, 0.6) is 5.75 Å². The van der Waals surface area contributed by atoms with Gasteiger partial charge >= 0.3 is 0 Å². The average molecular weight is 399 g/mol. The molecule has 1 saturated heterocycles. The number of methoxy groups -OCH3 is 1. The van der Waals surface area contributed by atoms with E-state index in [2.05, 4.69) is 15.9 Å². The summed E-state index contributed by atoms with van der Waals surface area (Å²) in [6.07, 6.45) is 0.798. The lowest BCUT2D eigenvalue weighted by Gasteiger charge is -2.35. The Morgan fingerprint density at radius 3 is 2.48 bits per heavy atom. The summed E-state index contributed by atoms with van der Waals surface area (Å²) in [7, 11) is -2.31. The minimum atomic E-state index is -3.72. The summed E-state index contributed by atoms with van der Waals surface area (Å²) in [6, 6.07) is 2.97. The summed E-state index contributed by atoms with van der Waals surface area (Å²) in [6.45, 7) is 2.25. The van der Waals surface area contributed by atoms with Crippen LogP contribution in [0.15, 0.2) is 21.5 Å². The van der Waals surface area contributed by atoms with Crippen molar-refractivity contribution in [2.24, 2.45) is 0 Å². The van der Waals surface area contributed by atoms with Crippen molar-refractivity contribution < 1.29 is 18.3 Å². The van der Waals surface area contributed by atoms with Crippen molar-refractivity contribution in [3.8, 4) is 5.75 Å². The first-order chi connectivity index (χ1) is 9.67. The van der Waals surface area contributed by atoms with Crippen LogP contribution in [0, 0.1) is 0 Å². The average Bonchev–Trinajstić information content (AvgIpc) is 2.37. The van der Waals surface area contributed by atoms with Gasteiger partial charge in [0.1, 0.15) is 4.90 Å². The van der Waals surface area contributed by atoms with Crippen LogP contribution in [0.1, 0.15) is 19.8 Å². The summed E-state index contributed by atoms with van der Waals surface area (Å²) in [4.78, 5) is 0.0333. The standard InChI is InChI=1S/C13H17BrClNO4S/c1-13(17)3-5-16(6-4-13)21(18,19)11-8-9(15)7-10(14)12(11)20-2/h7-8,17H,3-6H2,1-2H3. The van der Waals surface area contributed by atoms with Crippen LogP contribution in [0.25, 0.3) is 0 Å². The third-order valence-electron chi connectivity index (χ3n) is 3.60. The van der Waals surface area contributed by atoms with Crippen molar-refractivity contribution in [1.82, 2.24) is 4.31 Å². The molecule has 0 saturated carbocycles. The lowest BCUT2D eigenvalue weighted by molar-refractivity contribution is 0.0126. The quantitative estimate of drug-likeness (QED) is 0.850. The number of hydrogen-bond acceptors (Lipinski definition) is 4. The van der Waals surface area contributed by atoms with Gasteiger partial charge in [0.05, 0.1) is 17.2 Å². The van der Waals surface area contributed by atoms with Crippen molar-refractivity contribution in [2.45, 2.75) is 30.3 Å². The zero-order valence-electron chi connectivity index (χ0n) is 11.8. The van der Waals surface area contributed by atoms with E-state index in [9.17, 15) is 13.5 Å².